The van der Waals surface area contributed by atoms with Crippen LogP contribution in [0.2, 0.25) is 0 Å². The molecule has 1 aromatic rings. The number of likely N-dealkylation sites (N-methyl/N-ethyl adjacent to an activating group) is 1. The number of nitrogens with two attached hydrogens (primary N) is 1. The minimum absolute atomic E-state index is 0.182. The van der Waals surface area contributed by atoms with Crippen LogP contribution < -0.4 is 5.73 Å². The molecular weight excluding hydrogens is 206 g/mol. The molecule has 0 heterocycles. The van der Waals surface area contributed by atoms with E-state index in [2.05, 4.69) is 5.16 Å². The van der Waals surface area contributed by atoms with Crippen LogP contribution in [0.1, 0.15) is 12.5 Å². The molecule has 0 fully saturated rings. The Hall–Kier alpha value is -1.75. The van der Waals surface area contributed by atoms with Crippen LogP contribution in [-0.4, -0.2) is 34.1 Å². The SMILES string of the molecule is CCN(CC(N)=NO)Cc1cccc(O)c1. The monoisotopic (exact) mass is 223 g/mol. The lowest BCUT2D eigenvalue weighted by molar-refractivity contribution is 0.294. The molecule has 0 atom stereocenters. The number of nitrogens with zero attached hydrogens (tertiary/aromatic N) is 2. The summed E-state index contributed by atoms with van der Waals surface area (Å²) >= 11 is 0. The Kier molecular flexibility index (Phi) is 4.60. The molecular formula is C11H17N3O2. The van der Waals surface area contributed by atoms with Gasteiger partial charge in [-0.3, -0.25) is 4.90 Å². The summed E-state index contributed by atoms with van der Waals surface area (Å²) in [6.45, 7) is 3.84. The molecule has 0 saturated heterocycles. The molecule has 4 N–H and O–H groups in total. The van der Waals surface area contributed by atoms with Crippen LogP contribution in [0.3, 0.4) is 0 Å². The van der Waals surface area contributed by atoms with Crippen LogP contribution in [0.4, 0.5) is 0 Å². The Bertz CT molecular complexity index is 366. The van der Waals surface area contributed by atoms with Gasteiger partial charge in [-0.2, -0.15) is 0 Å². The van der Waals surface area contributed by atoms with Crippen molar-refractivity contribution in [1.29, 1.82) is 0 Å². The van der Waals surface area contributed by atoms with Gasteiger partial charge in [0.05, 0.1) is 6.54 Å². The van der Waals surface area contributed by atoms with Gasteiger partial charge in [0, 0.05) is 6.54 Å². The molecule has 0 aromatic heterocycles. The van der Waals surface area contributed by atoms with Gasteiger partial charge in [0.1, 0.15) is 5.75 Å². The normalized spacial score (nSPS) is 12.0. The minimum Gasteiger partial charge on any atom is -0.508 e. The summed E-state index contributed by atoms with van der Waals surface area (Å²) in [7, 11) is 0. The van der Waals surface area contributed by atoms with Gasteiger partial charge in [0.15, 0.2) is 5.84 Å². The number of amidine groups is 1. The quantitative estimate of drug-likeness (QED) is 0.300. The topological polar surface area (TPSA) is 82.1 Å². The molecule has 0 aliphatic heterocycles. The highest BCUT2D eigenvalue weighted by Gasteiger charge is 2.06. The fraction of sp³-hybridized carbons (Fsp3) is 0.364. The molecule has 0 aliphatic rings. The molecule has 0 spiro atoms. The molecule has 0 aliphatic carbocycles. The van der Waals surface area contributed by atoms with Crippen molar-refractivity contribution in [3.05, 3.63) is 29.8 Å². The molecule has 0 unspecified atom stereocenters. The number of hydrogen-bond donors (Lipinski definition) is 3. The summed E-state index contributed by atoms with van der Waals surface area (Å²) in [6.07, 6.45) is 0. The van der Waals surface area contributed by atoms with Gasteiger partial charge in [-0.15, -0.1) is 0 Å². The first kappa shape index (κ1) is 12.3. The summed E-state index contributed by atoms with van der Waals surface area (Å²) < 4.78 is 0. The maximum Gasteiger partial charge on any atom is 0.153 e. The summed E-state index contributed by atoms with van der Waals surface area (Å²) in [5, 5.41) is 20.7. The Morgan fingerprint density at radius 1 is 1.50 bits per heavy atom. The lowest BCUT2D eigenvalue weighted by Gasteiger charge is -2.19. The zero-order chi connectivity index (χ0) is 12.0. The van der Waals surface area contributed by atoms with Crippen LogP contribution in [0.15, 0.2) is 29.4 Å². The Morgan fingerprint density at radius 3 is 2.81 bits per heavy atom. The highest BCUT2D eigenvalue weighted by molar-refractivity contribution is 5.81. The van der Waals surface area contributed by atoms with E-state index >= 15 is 0 Å². The van der Waals surface area contributed by atoms with E-state index in [4.69, 9.17) is 10.9 Å². The predicted molar refractivity (Wildman–Crippen MR) is 62.5 cm³/mol. The maximum atomic E-state index is 9.32. The van der Waals surface area contributed by atoms with Gasteiger partial charge in [-0.25, -0.2) is 0 Å². The molecule has 0 bridgehead atoms. The van der Waals surface area contributed by atoms with Gasteiger partial charge in [-0.05, 0) is 24.2 Å². The number of hydrogen-bond acceptors (Lipinski definition) is 4. The summed E-state index contributed by atoms with van der Waals surface area (Å²) in [5.74, 6) is 0.430. The molecule has 88 valence electrons. The van der Waals surface area contributed by atoms with Crippen molar-refractivity contribution < 1.29 is 10.3 Å². The summed E-state index contributed by atoms with van der Waals surface area (Å²) in [5.41, 5.74) is 6.44. The maximum absolute atomic E-state index is 9.32. The lowest BCUT2D eigenvalue weighted by atomic mass is 10.2. The second-order valence-corrected chi connectivity index (χ2v) is 3.56. The Morgan fingerprint density at radius 2 is 2.25 bits per heavy atom. The zero-order valence-electron chi connectivity index (χ0n) is 9.30. The number of benzene rings is 1. The van der Waals surface area contributed by atoms with E-state index < -0.39 is 0 Å². The third-order valence-corrected chi connectivity index (χ3v) is 2.28. The van der Waals surface area contributed by atoms with Crippen LogP contribution in [0.25, 0.3) is 0 Å². The second-order valence-electron chi connectivity index (χ2n) is 3.56. The number of oxime groups is 1. The van der Waals surface area contributed by atoms with Gasteiger partial charge in [0.25, 0.3) is 0 Å². The third kappa shape index (κ3) is 3.78. The van der Waals surface area contributed by atoms with Crippen LogP contribution >= 0.6 is 0 Å². The Labute approximate surface area is 94.8 Å². The van der Waals surface area contributed by atoms with Gasteiger partial charge >= 0.3 is 0 Å². The van der Waals surface area contributed by atoms with E-state index in [0.29, 0.717) is 13.1 Å². The van der Waals surface area contributed by atoms with Gasteiger partial charge in [0.2, 0.25) is 0 Å². The van der Waals surface area contributed by atoms with E-state index in [1.807, 2.05) is 17.9 Å². The van der Waals surface area contributed by atoms with Gasteiger partial charge < -0.3 is 16.0 Å². The molecule has 0 saturated carbocycles. The van der Waals surface area contributed by atoms with E-state index in [0.717, 1.165) is 12.1 Å². The molecule has 16 heavy (non-hydrogen) atoms. The first-order chi connectivity index (χ1) is 7.65. The summed E-state index contributed by atoms with van der Waals surface area (Å²) in [4.78, 5) is 2.00. The van der Waals surface area contributed by atoms with Crippen LogP contribution in [0, 0.1) is 0 Å². The standard InChI is InChI=1S/C11H17N3O2/c1-2-14(8-11(12)13-16)7-9-4-3-5-10(15)6-9/h3-6,15-16H,2,7-8H2,1H3,(H2,12,13). The molecule has 5 heteroatoms. The molecule has 1 aromatic carbocycles. The number of phenolic OH excluding ortho intramolecular Hbond substituents is 1. The number of phenols is 1. The van der Waals surface area contributed by atoms with E-state index in [1.165, 1.54) is 0 Å². The average Bonchev–Trinajstić information content (AvgIpc) is 2.28. The number of aromatic hydroxyl groups is 1. The van der Waals surface area contributed by atoms with Crippen LogP contribution in [0.5, 0.6) is 5.75 Å². The fourth-order valence-electron chi connectivity index (χ4n) is 1.45. The minimum atomic E-state index is 0.182. The predicted octanol–water partition coefficient (Wildman–Crippen LogP) is 0.960. The smallest absolute Gasteiger partial charge is 0.153 e. The average molecular weight is 223 g/mol. The number of rotatable bonds is 5. The third-order valence-electron chi connectivity index (χ3n) is 2.28. The van der Waals surface area contributed by atoms with E-state index in [-0.39, 0.29) is 11.6 Å². The van der Waals surface area contributed by atoms with Crippen LogP contribution in [-0.2, 0) is 6.54 Å². The highest BCUT2D eigenvalue weighted by Crippen LogP contribution is 2.12. The van der Waals surface area contributed by atoms with Crippen molar-refractivity contribution in [2.24, 2.45) is 10.9 Å². The zero-order valence-corrected chi connectivity index (χ0v) is 9.30. The van der Waals surface area contributed by atoms with E-state index in [9.17, 15) is 5.11 Å². The highest BCUT2D eigenvalue weighted by atomic mass is 16.4. The molecule has 0 amide bonds. The summed E-state index contributed by atoms with van der Waals surface area (Å²) in [6, 6.07) is 7.05. The first-order valence-electron chi connectivity index (χ1n) is 5.12. The van der Waals surface area contributed by atoms with Crippen molar-refractivity contribution in [3.8, 4) is 5.75 Å². The largest absolute Gasteiger partial charge is 0.508 e. The van der Waals surface area contributed by atoms with Crippen molar-refractivity contribution in [3.63, 3.8) is 0 Å². The molecule has 0 radical (unpaired) electrons. The van der Waals surface area contributed by atoms with Crippen molar-refractivity contribution >= 4 is 5.84 Å². The van der Waals surface area contributed by atoms with Crippen molar-refractivity contribution in [2.75, 3.05) is 13.1 Å². The van der Waals surface area contributed by atoms with E-state index in [1.54, 1.807) is 18.2 Å². The lowest BCUT2D eigenvalue weighted by Crippen LogP contribution is -2.33. The van der Waals surface area contributed by atoms with Gasteiger partial charge in [-0.1, -0.05) is 24.2 Å². The molecule has 5 nitrogen and oxygen atoms in total. The second kappa shape index (κ2) is 5.97. The van der Waals surface area contributed by atoms with Crippen molar-refractivity contribution in [1.82, 2.24) is 4.90 Å². The van der Waals surface area contributed by atoms with Crippen molar-refractivity contribution in [2.45, 2.75) is 13.5 Å². The fourth-order valence-corrected chi connectivity index (χ4v) is 1.45. The Balaban J connectivity index is 2.63. The first-order valence-corrected chi connectivity index (χ1v) is 5.12. The molecule has 1 rings (SSSR count).